The molecule has 1 fully saturated rings. The van der Waals surface area contributed by atoms with Gasteiger partial charge in [0.1, 0.15) is 5.82 Å². The number of para-hydroxylation sites is 1. The lowest BCUT2D eigenvalue weighted by Crippen LogP contribution is -2.36. The number of hydrogen-bond acceptors (Lipinski definition) is 5. The highest BCUT2D eigenvalue weighted by Gasteiger charge is 2.36. The number of anilines is 1. The minimum Gasteiger partial charge on any atom is -0.375 e. The van der Waals surface area contributed by atoms with E-state index in [1.165, 1.54) is 11.8 Å². The number of thioether (sulfide) groups is 1. The third-order valence-corrected chi connectivity index (χ3v) is 7.55. The van der Waals surface area contributed by atoms with E-state index in [-0.39, 0.29) is 34.4 Å². The van der Waals surface area contributed by atoms with Gasteiger partial charge in [-0.3, -0.25) is 24.2 Å². The van der Waals surface area contributed by atoms with Crippen molar-refractivity contribution >= 4 is 34.4 Å². The van der Waals surface area contributed by atoms with Crippen LogP contribution in [0.25, 0.3) is 10.9 Å². The van der Waals surface area contributed by atoms with Crippen molar-refractivity contribution in [3.8, 4) is 0 Å². The van der Waals surface area contributed by atoms with Crippen LogP contribution in [0.5, 0.6) is 0 Å². The molecule has 2 aromatic heterocycles. The molecule has 2 aliphatic rings. The van der Waals surface area contributed by atoms with Gasteiger partial charge in [0.05, 0.1) is 33.7 Å². The van der Waals surface area contributed by atoms with Crippen LogP contribution in [-0.4, -0.2) is 38.6 Å². The Morgan fingerprint density at radius 3 is 2.78 bits per heavy atom. The van der Waals surface area contributed by atoms with E-state index in [1.54, 1.807) is 4.68 Å². The second-order valence-corrected chi connectivity index (χ2v) is 10.3. The number of rotatable bonds is 2. The van der Waals surface area contributed by atoms with Crippen LogP contribution in [0.4, 0.5) is 5.82 Å². The van der Waals surface area contributed by atoms with Gasteiger partial charge in [0.2, 0.25) is 5.91 Å². The fraction of sp³-hybridized carbons (Fsp3) is 0.435. The lowest BCUT2D eigenvalue weighted by atomic mass is 9.94. The van der Waals surface area contributed by atoms with E-state index >= 15 is 0 Å². The summed E-state index contributed by atoms with van der Waals surface area (Å²) in [5, 5.41) is 6.20. The summed E-state index contributed by atoms with van der Waals surface area (Å²) in [6, 6.07) is 7.64. The maximum absolute atomic E-state index is 13.2. The van der Waals surface area contributed by atoms with Crippen LogP contribution >= 0.6 is 11.8 Å². The Morgan fingerprint density at radius 1 is 1.19 bits per heavy atom. The fourth-order valence-corrected chi connectivity index (χ4v) is 5.91. The molecule has 32 heavy (non-hydrogen) atoms. The molecule has 1 amide bonds. The van der Waals surface area contributed by atoms with E-state index in [1.807, 2.05) is 45.0 Å². The number of nitrogens with one attached hydrogen (secondary N) is 3. The average molecular weight is 455 g/mol. The van der Waals surface area contributed by atoms with Crippen molar-refractivity contribution in [2.75, 3.05) is 17.7 Å². The van der Waals surface area contributed by atoms with Crippen LogP contribution in [0.1, 0.15) is 54.7 Å². The summed E-state index contributed by atoms with van der Waals surface area (Å²) in [4.78, 5) is 41.8. The number of aromatic amines is 2. The molecule has 9 heteroatoms. The number of H-pyrrole nitrogens is 2. The van der Waals surface area contributed by atoms with E-state index < -0.39 is 5.25 Å². The number of pyridine rings is 1. The quantitative estimate of drug-likeness (QED) is 0.551. The zero-order valence-electron chi connectivity index (χ0n) is 18.3. The third-order valence-electron chi connectivity index (χ3n) is 6.30. The number of aryl methyl sites for hydroxylation is 1. The third kappa shape index (κ3) is 3.59. The molecule has 168 valence electrons. The summed E-state index contributed by atoms with van der Waals surface area (Å²) in [5.74, 6) is 0.427. The molecule has 0 aliphatic carbocycles. The Labute approximate surface area is 188 Å². The monoisotopic (exact) mass is 454 g/mol. The number of carbonyl (C=O) groups is 1. The van der Waals surface area contributed by atoms with Crippen molar-refractivity contribution in [1.29, 1.82) is 0 Å². The highest BCUT2D eigenvalue weighted by Crippen LogP contribution is 2.41. The van der Waals surface area contributed by atoms with Crippen LogP contribution in [0.3, 0.4) is 0 Å². The Kier molecular flexibility index (Phi) is 5.05. The number of fused-ring (bicyclic) bond motifs is 2. The van der Waals surface area contributed by atoms with Crippen molar-refractivity contribution in [1.82, 2.24) is 14.8 Å². The maximum Gasteiger partial charge on any atom is 0.270 e. The van der Waals surface area contributed by atoms with E-state index in [4.69, 9.17) is 4.74 Å². The first-order valence-electron chi connectivity index (χ1n) is 10.8. The lowest BCUT2D eigenvalue weighted by Gasteiger charge is -2.36. The summed E-state index contributed by atoms with van der Waals surface area (Å²) in [7, 11) is 0. The van der Waals surface area contributed by atoms with E-state index in [0.29, 0.717) is 30.0 Å². The van der Waals surface area contributed by atoms with Gasteiger partial charge in [-0.25, -0.2) is 0 Å². The molecule has 1 saturated heterocycles. The van der Waals surface area contributed by atoms with E-state index in [9.17, 15) is 14.4 Å². The second kappa shape index (κ2) is 7.67. The first-order chi connectivity index (χ1) is 15.2. The highest BCUT2D eigenvalue weighted by atomic mass is 32.2. The van der Waals surface area contributed by atoms with Gasteiger partial charge in [0.25, 0.3) is 11.1 Å². The molecule has 1 aromatic carbocycles. The normalized spacial score (nSPS) is 22.9. The summed E-state index contributed by atoms with van der Waals surface area (Å²) >= 11 is 1.30. The molecule has 3 aromatic rings. The number of nitrogens with zero attached hydrogens (tertiary/aromatic N) is 1. The second-order valence-electron chi connectivity index (χ2n) is 9.16. The van der Waals surface area contributed by atoms with Crippen LogP contribution in [0.15, 0.2) is 33.9 Å². The number of hydrogen-bond donors (Lipinski definition) is 3. The molecule has 0 bridgehead atoms. The zero-order valence-corrected chi connectivity index (χ0v) is 19.1. The molecule has 0 saturated carbocycles. The minimum absolute atomic E-state index is 0.0169. The number of carbonyl (C=O) groups excluding carboxylic acids is 1. The Bertz CT molecular complexity index is 1340. The summed E-state index contributed by atoms with van der Waals surface area (Å²) in [6.07, 6.45) is 1.43. The molecule has 0 spiro atoms. The first kappa shape index (κ1) is 21.1. The van der Waals surface area contributed by atoms with Crippen molar-refractivity contribution < 1.29 is 9.53 Å². The van der Waals surface area contributed by atoms with Crippen molar-refractivity contribution in [2.45, 2.75) is 50.5 Å². The molecule has 3 N–H and O–H groups in total. The van der Waals surface area contributed by atoms with Gasteiger partial charge in [0.15, 0.2) is 0 Å². The summed E-state index contributed by atoms with van der Waals surface area (Å²) in [5.41, 5.74) is 1.79. The molecule has 0 radical (unpaired) electrons. The Balaban J connectivity index is 1.66. The number of ether oxygens (including phenoxy) is 1. The van der Waals surface area contributed by atoms with Crippen LogP contribution in [0, 0.1) is 6.92 Å². The Hall–Kier alpha value is -2.78. The molecular weight excluding hydrogens is 428 g/mol. The standard InChI is InChI=1S/C23H26N4O4S/c1-12-5-4-6-13-9-15(21(29)25-18(12)13)19-17-20(24-16(28)11-32-19)27(26-22(17)30)14-7-8-31-23(2,3)10-14/h4-6,9,14,19H,7-8,10-11H2,1-3H3,(H,24,28)(H,25,29)(H,26,30)/t14-,19-/m1/s1. The van der Waals surface area contributed by atoms with Gasteiger partial charge >= 0.3 is 0 Å². The largest absolute Gasteiger partial charge is 0.375 e. The van der Waals surface area contributed by atoms with Crippen LogP contribution < -0.4 is 16.4 Å². The summed E-state index contributed by atoms with van der Waals surface area (Å²) < 4.78 is 7.60. The average Bonchev–Trinajstić information content (AvgIpc) is 2.93. The predicted octanol–water partition coefficient (Wildman–Crippen LogP) is 3.23. The minimum atomic E-state index is -0.560. The van der Waals surface area contributed by atoms with Gasteiger partial charge in [-0.1, -0.05) is 18.2 Å². The van der Waals surface area contributed by atoms with Gasteiger partial charge < -0.3 is 15.0 Å². The van der Waals surface area contributed by atoms with Gasteiger partial charge in [-0.2, -0.15) is 0 Å². The van der Waals surface area contributed by atoms with Crippen molar-refractivity contribution in [3.05, 3.63) is 61.7 Å². The van der Waals surface area contributed by atoms with Crippen molar-refractivity contribution in [2.24, 2.45) is 0 Å². The lowest BCUT2D eigenvalue weighted by molar-refractivity contribution is -0.113. The molecule has 0 unspecified atom stereocenters. The van der Waals surface area contributed by atoms with Gasteiger partial charge in [0, 0.05) is 12.2 Å². The molecule has 4 heterocycles. The molecule has 2 aliphatic heterocycles. The summed E-state index contributed by atoms with van der Waals surface area (Å²) in [6.45, 7) is 6.56. The molecule has 2 atom stereocenters. The molecular formula is C23H26N4O4S. The number of aromatic nitrogens is 3. The van der Waals surface area contributed by atoms with Crippen molar-refractivity contribution in [3.63, 3.8) is 0 Å². The highest BCUT2D eigenvalue weighted by molar-refractivity contribution is 8.00. The van der Waals surface area contributed by atoms with Gasteiger partial charge in [-0.05, 0) is 50.6 Å². The van der Waals surface area contributed by atoms with Gasteiger partial charge in [-0.15, -0.1) is 11.8 Å². The number of benzene rings is 1. The maximum atomic E-state index is 13.2. The zero-order chi connectivity index (χ0) is 22.6. The molecule has 5 rings (SSSR count). The Morgan fingerprint density at radius 2 is 2.00 bits per heavy atom. The number of amides is 1. The molecule has 8 nitrogen and oxygen atoms in total. The first-order valence-corrected chi connectivity index (χ1v) is 11.8. The van der Waals surface area contributed by atoms with Crippen LogP contribution in [0.2, 0.25) is 0 Å². The van der Waals surface area contributed by atoms with E-state index in [2.05, 4.69) is 15.4 Å². The SMILES string of the molecule is Cc1cccc2cc([C@H]3SCC(=O)Nc4c3c(=O)[nH]n4[C@@H]3CCOC(C)(C)C3)c(=O)[nH]c12. The van der Waals surface area contributed by atoms with E-state index in [0.717, 1.165) is 22.9 Å². The smallest absolute Gasteiger partial charge is 0.270 e. The van der Waals surface area contributed by atoms with Crippen LogP contribution in [-0.2, 0) is 9.53 Å². The predicted molar refractivity (Wildman–Crippen MR) is 126 cm³/mol. The topological polar surface area (TPSA) is 109 Å². The fourth-order valence-electron chi connectivity index (χ4n) is 4.78.